The summed E-state index contributed by atoms with van der Waals surface area (Å²) in [6.45, 7) is 3.96. The fraction of sp³-hybridized carbons (Fsp3) is 0.357. The van der Waals surface area contributed by atoms with Gasteiger partial charge in [-0.3, -0.25) is 4.98 Å². The Morgan fingerprint density at radius 1 is 1.15 bits per heavy atom. The zero-order chi connectivity index (χ0) is 13.6. The van der Waals surface area contributed by atoms with E-state index >= 15 is 0 Å². The van der Waals surface area contributed by atoms with Crippen LogP contribution in [0.15, 0.2) is 36.9 Å². The van der Waals surface area contributed by atoms with Gasteiger partial charge in [-0.1, -0.05) is 6.07 Å². The lowest BCUT2D eigenvalue weighted by molar-refractivity contribution is 0.122. The molecule has 1 fully saturated rings. The van der Waals surface area contributed by atoms with Crippen molar-refractivity contribution in [2.75, 3.05) is 36.5 Å². The standard InChI is InChI=1S/C14H17N5O/c1-2-12(10-18-13-11-15-4-5-16-13)14(17-3-1)19-6-8-20-9-7-19/h1-5,11H,6-10H2,(H,16,18). The highest BCUT2D eigenvalue weighted by Gasteiger charge is 2.15. The van der Waals surface area contributed by atoms with Crippen molar-refractivity contribution < 1.29 is 4.74 Å². The molecule has 0 spiro atoms. The lowest BCUT2D eigenvalue weighted by Crippen LogP contribution is -2.37. The molecule has 0 radical (unpaired) electrons. The van der Waals surface area contributed by atoms with Gasteiger partial charge in [0.1, 0.15) is 11.6 Å². The monoisotopic (exact) mass is 271 g/mol. The number of rotatable bonds is 4. The molecule has 2 aromatic heterocycles. The number of nitrogens with zero attached hydrogens (tertiary/aromatic N) is 4. The third kappa shape index (κ3) is 3.03. The number of aromatic nitrogens is 3. The van der Waals surface area contributed by atoms with Crippen LogP contribution in [-0.4, -0.2) is 41.3 Å². The molecule has 1 aliphatic heterocycles. The van der Waals surface area contributed by atoms with Gasteiger partial charge in [-0.2, -0.15) is 0 Å². The fourth-order valence-corrected chi connectivity index (χ4v) is 2.20. The van der Waals surface area contributed by atoms with Crippen molar-refractivity contribution in [3.8, 4) is 0 Å². The van der Waals surface area contributed by atoms with Gasteiger partial charge in [-0.15, -0.1) is 0 Å². The summed E-state index contributed by atoms with van der Waals surface area (Å²) >= 11 is 0. The SMILES string of the molecule is c1cnc(N2CCOCC2)c(CNc2cnccn2)c1. The molecule has 2 aromatic rings. The van der Waals surface area contributed by atoms with Crippen LogP contribution in [0.3, 0.4) is 0 Å². The molecule has 1 N–H and O–H groups in total. The Bertz CT molecular complexity index is 542. The second-order valence-electron chi connectivity index (χ2n) is 4.53. The van der Waals surface area contributed by atoms with Crippen LogP contribution in [0.5, 0.6) is 0 Å². The van der Waals surface area contributed by atoms with Crippen LogP contribution in [-0.2, 0) is 11.3 Å². The summed E-state index contributed by atoms with van der Waals surface area (Å²) in [6.07, 6.45) is 6.88. The summed E-state index contributed by atoms with van der Waals surface area (Å²) < 4.78 is 5.39. The van der Waals surface area contributed by atoms with Gasteiger partial charge < -0.3 is 15.0 Å². The minimum absolute atomic E-state index is 0.680. The van der Waals surface area contributed by atoms with Crippen molar-refractivity contribution in [1.82, 2.24) is 15.0 Å². The van der Waals surface area contributed by atoms with E-state index in [-0.39, 0.29) is 0 Å². The molecule has 6 nitrogen and oxygen atoms in total. The first-order valence-corrected chi connectivity index (χ1v) is 6.70. The van der Waals surface area contributed by atoms with Gasteiger partial charge in [0.15, 0.2) is 0 Å². The molecule has 1 aliphatic rings. The molecule has 0 bridgehead atoms. The largest absolute Gasteiger partial charge is 0.378 e. The predicted molar refractivity (Wildman–Crippen MR) is 76.6 cm³/mol. The Kier molecular flexibility index (Phi) is 4.03. The van der Waals surface area contributed by atoms with E-state index in [0.717, 1.165) is 43.5 Å². The average molecular weight is 271 g/mol. The summed E-state index contributed by atoms with van der Waals surface area (Å²) in [5.41, 5.74) is 1.15. The average Bonchev–Trinajstić information content (AvgIpc) is 2.55. The van der Waals surface area contributed by atoms with Crippen molar-refractivity contribution in [1.29, 1.82) is 0 Å². The first kappa shape index (κ1) is 12.8. The summed E-state index contributed by atoms with van der Waals surface area (Å²) in [4.78, 5) is 15.0. The van der Waals surface area contributed by atoms with Gasteiger partial charge in [0, 0.05) is 43.8 Å². The van der Waals surface area contributed by atoms with Gasteiger partial charge in [0.05, 0.1) is 19.4 Å². The Labute approximate surface area is 117 Å². The second kappa shape index (κ2) is 6.29. The maximum absolute atomic E-state index is 5.39. The quantitative estimate of drug-likeness (QED) is 0.905. The van der Waals surface area contributed by atoms with Crippen molar-refractivity contribution in [3.63, 3.8) is 0 Å². The minimum atomic E-state index is 0.680. The number of ether oxygens (including phenoxy) is 1. The zero-order valence-corrected chi connectivity index (χ0v) is 11.2. The van der Waals surface area contributed by atoms with Crippen LogP contribution < -0.4 is 10.2 Å². The zero-order valence-electron chi connectivity index (χ0n) is 11.2. The molecule has 6 heteroatoms. The molecular formula is C14H17N5O. The van der Waals surface area contributed by atoms with Gasteiger partial charge in [0.2, 0.25) is 0 Å². The summed E-state index contributed by atoms with van der Waals surface area (Å²) in [6, 6.07) is 4.04. The smallest absolute Gasteiger partial charge is 0.144 e. The number of hydrogen-bond donors (Lipinski definition) is 1. The molecule has 0 unspecified atom stereocenters. The van der Waals surface area contributed by atoms with E-state index in [0.29, 0.717) is 6.54 Å². The third-order valence-corrected chi connectivity index (χ3v) is 3.20. The molecule has 104 valence electrons. The van der Waals surface area contributed by atoms with E-state index in [2.05, 4.69) is 31.2 Å². The number of nitrogens with one attached hydrogen (secondary N) is 1. The molecule has 3 heterocycles. The van der Waals surface area contributed by atoms with E-state index in [1.165, 1.54) is 0 Å². The Morgan fingerprint density at radius 2 is 2.05 bits per heavy atom. The summed E-state index contributed by atoms with van der Waals surface area (Å²) in [5, 5.41) is 3.27. The van der Waals surface area contributed by atoms with Crippen molar-refractivity contribution in [3.05, 3.63) is 42.5 Å². The van der Waals surface area contributed by atoms with E-state index in [1.807, 2.05) is 12.3 Å². The van der Waals surface area contributed by atoms with Gasteiger partial charge in [0.25, 0.3) is 0 Å². The Hall–Kier alpha value is -2.21. The number of pyridine rings is 1. The van der Waals surface area contributed by atoms with E-state index in [4.69, 9.17) is 4.74 Å². The van der Waals surface area contributed by atoms with Crippen molar-refractivity contribution in [2.45, 2.75) is 6.54 Å². The topological polar surface area (TPSA) is 63.2 Å². The maximum Gasteiger partial charge on any atom is 0.144 e. The second-order valence-corrected chi connectivity index (χ2v) is 4.53. The van der Waals surface area contributed by atoms with Crippen molar-refractivity contribution >= 4 is 11.6 Å². The molecule has 0 saturated carbocycles. The molecule has 0 aromatic carbocycles. The van der Waals surface area contributed by atoms with Gasteiger partial charge >= 0.3 is 0 Å². The lowest BCUT2D eigenvalue weighted by atomic mass is 10.2. The first-order chi connectivity index (χ1) is 9.93. The Balaban J connectivity index is 1.72. The first-order valence-electron chi connectivity index (χ1n) is 6.70. The fourth-order valence-electron chi connectivity index (χ4n) is 2.20. The third-order valence-electron chi connectivity index (χ3n) is 3.20. The molecule has 0 aliphatic carbocycles. The molecule has 0 amide bonds. The van der Waals surface area contributed by atoms with Crippen LogP contribution in [0, 0.1) is 0 Å². The Morgan fingerprint density at radius 3 is 2.85 bits per heavy atom. The summed E-state index contributed by atoms with van der Waals surface area (Å²) in [5.74, 6) is 1.79. The molecule has 3 rings (SSSR count). The number of hydrogen-bond acceptors (Lipinski definition) is 6. The van der Waals surface area contributed by atoms with Crippen LogP contribution in [0.25, 0.3) is 0 Å². The van der Waals surface area contributed by atoms with Crippen LogP contribution in [0.2, 0.25) is 0 Å². The molecule has 20 heavy (non-hydrogen) atoms. The molecular weight excluding hydrogens is 254 g/mol. The highest BCUT2D eigenvalue weighted by molar-refractivity contribution is 5.48. The molecule has 0 atom stereocenters. The van der Waals surface area contributed by atoms with Gasteiger partial charge in [-0.05, 0) is 6.07 Å². The minimum Gasteiger partial charge on any atom is -0.378 e. The lowest BCUT2D eigenvalue weighted by Gasteiger charge is -2.29. The molecule has 1 saturated heterocycles. The van der Waals surface area contributed by atoms with Crippen molar-refractivity contribution in [2.24, 2.45) is 0 Å². The summed E-state index contributed by atoms with van der Waals surface area (Å²) in [7, 11) is 0. The van der Waals surface area contributed by atoms with Crippen LogP contribution in [0.1, 0.15) is 5.56 Å². The van der Waals surface area contributed by atoms with E-state index < -0.39 is 0 Å². The van der Waals surface area contributed by atoms with Crippen LogP contribution in [0.4, 0.5) is 11.6 Å². The van der Waals surface area contributed by atoms with Crippen LogP contribution >= 0.6 is 0 Å². The highest BCUT2D eigenvalue weighted by atomic mass is 16.5. The van der Waals surface area contributed by atoms with Gasteiger partial charge in [-0.25, -0.2) is 9.97 Å². The maximum atomic E-state index is 5.39. The highest BCUT2D eigenvalue weighted by Crippen LogP contribution is 2.19. The van der Waals surface area contributed by atoms with E-state index in [1.54, 1.807) is 18.6 Å². The number of morpholine rings is 1. The number of anilines is 2. The predicted octanol–water partition coefficient (Wildman–Crippen LogP) is 1.32. The van der Waals surface area contributed by atoms with E-state index in [9.17, 15) is 0 Å². The normalized spacial score (nSPS) is 15.1.